The van der Waals surface area contributed by atoms with Gasteiger partial charge in [0.2, 0.25) is 0 Å². The smallest absolute Gasteiger partial charge is 0.312 e. The second kappa shape index (κ2) is 8.15. The average molecular weight is 437 g/mol. The number of nitro groups is 1. The number of anilines is 1. The lowest BCUT2D eigenvalue weighted by atomic mass is 10.1. The molecule has 0 fully saturated rings. The maximum absolute atomic E-state index is 12.6. The minimum absolute atomic E-state index is 0.0319. The number of nitrogens with one attached hydrogen (secondary N) is 1. The van der Waals surface area contributed by atoms with E-state index in [2.05, 4.69) is 15.4 Å². The Kier molecular flexibility index (Phi) is 5.38. The monoisotopic (exact) mass is 437 g/mol. The molecule has 10 heteroatoms. The number of methoxy groups -OCH3 is 1. The van der Waals surface area contributed by atoms with E-state index in [-0.39, 0.29) is 11.6 Å². The third kappa shape index (κ3) is 4.10. The van der Waals surface area contributed by atoms with Gasteiger partial charge in [0.25, 0.3) is 5.91 Å². The van der Waals surface area contributed by atoms with Crippen molar-refractivity contribution in [2.24, 2.45) is 0 Å². The van der Waals surface area contributed by atoms with E-state index in [0.717, 1.165) is 21.5 Å². The van der Waals surface area contributed by atoms with Crippen molar-refractivity contribution in [2.75, 3.05) is 12.4 Å². The first-order chi connectivity index (χ1) is 14.9. The molecule has 0 aliphatic heterocycles. The summed E-state index contributed by atoms with van der Waals surface area (Å²) in [5, 5.41) is 18.7. The molecule has 0 atom stereocenters. The molecule has 2 heterocycles. The topological polar surface area (TPSA) is 112 Å². The molecule has 0 radical (unpaired) electrons. The normalized spacial score (nSPS) is 10.9. The zero-order valence-electron chi connectivity index (χ0n) is 17.1. The van der Waals surface area contributed by atoms with Crippen molar-refractivity contribution in [3.63, 3.8) is 0 Å². The summed E-state index contributed by atoms with van der Waals surface area (Å²) < 4.78 is 7.73. The van der Waals surface area contributed by atoms with E-state index in [1.165, 1.54) is 11.3 Å². The Labute approximate surface area is 181 Å². The van der Waals surface area contributed by atoms with Crippen LogP contribution in [0.15, 0.2) is 42.5 Å². The van der Waals surface area contributed by atoms with Gasteiger partial charge in [-0.25, -0.2) is 4.98 Å². The first-order valence-electron chi connectivity index (χ1n) is 9.39. The zero-order valence-corrected chi connectivity index (χ0v) is 17.9. The molecule has 1 amide bonds. The predicted octanol–water partition coefficient (Wildman–Crippen LogP) is 4.33. The quantitative estimate of drug-likeness (QED) is 0.355. The Morgan fingerprint density at radius 1 is 1.23 bits per heavy atom. The number of benzene rings is 2. The molecular formula is C21H19N5O4S. The molecule has 9 nitrogen and oxygen atoms in total. The van der Waals surface area contributed by atoms with Gasteiger partial charge in [-0.1, -0.05) is 23.5 Å². The first-order valence-corrected chi connectivity index (χ1v) is 10.2. The lowest BCUT2D eigenvalue weighted by Gasteiger charge is -2.06. The van der Waals surface area contributed by atoms with Crippen molar-refractivity contribution in [3.8, 4) is 5.75 Å². The Bertz CT molecular complexity index is 1290. The molecule has 158 valence electrons. The number of nitrogens with zero attached hydrogens (tertiary/aromatic N) is 4. The predicted molar refractivity (Wildman–Crippen MR) is 118 cm³/mol. The Morgan fingerprint density at radius 2 is 1.97 bits per heavy atom. The average Bonchev–Trinajstić information content (AvgIpc) is 3.26. The van der Waals surface area contributed by atoms with Gasteiger partial charge in [0, 0.05) is 5.56 Å². The van der Waals surface area contributed by atoms with Gasteiger partial charge in [0.05, 0.1) is 28.8 Å². The molecule has 1 N–H and O–H groups in total. The standard InChI is InChI=1S/C21H19N5O4S/c1-12-19(26(28)29)13(2)25(24-12)11-14-4-6-15(7-5-14)20(27)23-21-22-17-9-8-16(30-3)10-18(17)31-21/h4-10H,11H2,1-3H3,(H,22,23,27). The highest BCUT2D eigenvalue weighted by Gasteiger charge is 2.21. The summed E-state index contributed by atoms with van der Waals surface area (Å²) in [6.45, 7) is 3.67. The lowest BCUT2D eigenvalue weighted by molar-refractivity contribution is -0.386. The number of thiazole rings is 1. The number of ether oxygens (including phenoxy) is 1. The van der Waals surface area contributed by atoms with E-state index in [1.54, 1.807) is 49.9 Å². The zero-order chi connectivity index (χ0) is 22.1. The molecule has 0 aliphatic carbocycles. The van der Waals surface area contributed by atoms with Crippen LogP contribution in [0.5, 0.6) is 5.75 Å². The molecule has 0 bridgehead atoms. The van der Waals surface area contributed by atoms with Crippen LogP contribution in [0, 0.1) is 24.0 Å². The number of carbonyl (C=O) groups excluding carboxylic acids is 1. The molecular weight excluding hydrogens is 418 g/mol. The van der Waals surface area contributed by atoms with E-state index in [4.69, 9.17) is 4.74 Å². The van der Waals surface area contributed by atoms with Gasteiger partial charge < -0.3 is 4.74 Å². The molecule has 2 aromatic carbocycles. The number of aryl methyl sites for hydroxylation is 1. The highest BCUT2D eigenvalue weighted by Crippen LogP contribution is 2.29. The van der Waals surface area contributed by atoms with Crippen LogP contribution in [0.25, 0.3) is 10.2 Å². The second-order valence-electron chi connectivity index (χ2n) is 6.94. The van der Waals surface area contributed by atoms with Crippen LogP contribution >= 0.6 is 11.3 Å². The highest BCUT2D eigenvalue weighted by molar-refractivity contribution is 7.22. The highest BCUT2D eigenvalue weighted by atomic mass is 32.1. The third-order valence-corrected chi connectivity index (χ3v) is 5.82. The van der Waals surface area contributed by atoms with Crippen molar-refractivity contribution in [2.45, 2.75) is 20.4 Å². The van der Waals surface area contributed by atoms with Gasteiger partial charge in [-0.05, 0) is 49.7 Å². The van der Waals surface area contributed by atoms with Gasteiger partial charge in [-0.2, -0.15) is 5.10 Å². The van der Waals surface area contributed by atoms with E-state index >= 15 is 0 Å². The van der Waals surface area contributed by atoms with Gasteiger partial charge in [0.15, 0.2) is 5.13 Å². The van der Waals surface area contributed by atoms with E-state index in [0.29, 0.717) is 28.6 Å². The summed E-state index contributed by atoms with van der Waals surface area (Å²) in [5.41, 5.74) is 3.06. The van der Waals surface area contributed by atoms with Gasteiger partial charge in [-0.3, -0.25) is 24.9 Å². The molecule has 0 saturated heterocycles. The maximum atomic E-state index is 12.6. The summed E-state index contributed by atoms with van der Waals surface area (Å²) >= 11 is 1.37. The van der Waals surface area contributed by atoms with Crippen LogP contribution in [-0.4, -0.2) is 32.7 Å². The van der Waals surface area contributed by atoms with E-state index in [1.807, 2.05) is 18.2 Å². The number of hydrogen-bond acceptors (Lipinski definition) is 7. The largest absolute Gasteiger partial charge is 0.497 e. The molecule has 4 aromatic rings. The fraction of sp³-hybridized carbons (Fsp3) is 0.190. The summed E-state index contributed by atoms with van der Waals surface area (Å²) in [5.74, 6) is 0.469. The summed E-state index contributed by atoms with van der Waals surface area (Å²) in [4.78, 5) is 27.8. The van der Waals surface area contributed by atoms with E-state index < -0.39 is 4.92 Å². The molecule has 0 aliphatic rings. The van der Waals surface area contributed by atoms with Crippen molar-refractivity contribution < 1.29 is 14.5 Å². The van der Waals surface area contributed by atoms with Crippen molar-refractivity contribution in [1.29, 1.82) is 0 Å². The molecule has 0 spiro atoms. The van der Waals surface area contributed by atoms with Crippen molar-refractivity contribution in [1.82, 2.24) is 14.8 Å². The molecule has 4 rings (SSSR count). The third-order valence-electron chi connectivity index (χ3n) is 4.89. The fourth-order valence-electron chi connectivity index (χ4n) is 3.29. The van der Waals surface area contributed by atoms with Crippen molar-refractivity contribution in [3.05, 3.63) is 75.1 Å². The Hall–Kier alpha value is -3.79. The summed E-state index contributed by atoms with van der Waals surface area (Å²) in [6, 6.07) is 12.6. The minimum Gasteiger partial charge on any atom is -0.497 e. The van der Waals surface area contributed by atoms with Gasteiger partial charge >= 0.3 is 5.69 Å². The number of carbonyl (C=O) groups is 1. The SMILES string of the molecule is COc1ccc2nc(NC(=O)c3ccc(Cn4nc(C)c([N+](=O)[O-])c4C)cc3)sc2c1. The van der Waals surface area contributed by atoms with Gasteiger partial charge in [-0.15, -0.1) is 0 Å². The van der Waals surface area contributed by atoms with Crippen LogP contribution in [0.2, 0.25) is 0 Å². The maximum Gasteiger partial charge on any atom is 0.312 e. The lowest BCUT2D eigenvalue weighted by Crippen LogP contribution is -2.12. The summed E-state index contributed by atoms with van der Waals surface area (Å²) in [6.07, 6.45) is 0. The van der Waals surface area contributed by atoms with Gasteiger partial charge in [0.1, 0.15) is 17.1 Å². The number of amides is 1. The number of hydrogen-bond donors (Lipinski definition) is 1. The van der Waals surface area contributed by atoms with Crippen LogP contribution < -0.4 is 10.1 Å². The van der Waals surface area contributed by atoms with E-state index in [9.17, 15) is 14.9 Å². The molecule has 2 aromatic heterocycles. The Morgan fingerprint density at radius 3 is 2.61 bits per heavy atom. The van der Waals surface area contributed by atoms with Crippen LogP contribution in [0.3, 0.4) is 0 Å². The number of fused-ring (bicyclic) bond motifs is 1. The Balaban J connectivity index is 1.47. The second-order valence-corrected chi connectivity index (χ2v) is 7.97. The minimum atomic E-state index is -0.417. The molecule has 0 saturated carbocycles. The van der Waals surface area contributed by atoms with Crippen LogP contribution in [0.4, 0.5) is 10.8 Å². The fourth-order valence-corrected chi connectivity index (χ4v) is 4.18. The first kappa shape index (κ1) is 20.5. The molecule has 0 unspecified atom stereocenters. The molecule has 31 heavy (non-hydrogen) atoms. The van der Waals surface area contributed by atoms with Crippen LogP contribution in [-0.2, 0) is 6.54 Å². The number of rotatable bonds is 6. The van der Waals surface area contributed by atoms with Crippen molar-refractivity contribution >= 4 is 38.3 Å². The van der Waals surface area contributed by atoms with Crippen LogP contribution in [0.1, 0.15) is 27.3 Å². The summed E-state index contributed by atoms with van der Waals surface area (Å²) in [7, 11) is 1.60. The number of aromatic nitrogens is 3.